The molecule has 2 aliphatic rings. The van der Waals surface area contributed by atoms with Crippen molar-refractivity contribution >= 4 is 35.8 Å². The van der Waals surface area contributed by atoms with E-state index < -0.39 is 53.1 Å². The van der Waals surface area contributed by atoms with Crippen LogP contribution in [0.3, 0.4) is 0 Å². The van der Waals surface area contributed by atoms with E-state index in [1.807, 2.05) is 0 Å². The minimum Gasteiger partial charge on any atom is -0.443 e. The average molecular weight is 596 g/mol. The van der Waals surface area contributed by atoms with E-state index >= 15 is 0 Å². The number of hydrogen-bond donors (Lipinski definition) is 1. The van der Waals surface area contributed by atoms with Crippen LogP contribution in [0.5, 0.6) is 0 Å². The number of rotatable bonds is 8. The van der Waals surface area contributed by atoms with E-state index in [0.29, 0.717) is 18.4 Å². The van der Waals surface area contributed by atoms with Gasteiger partial charge in [-0.1, -0.05) is 37.2 Å². The van der Waals surface area contributed by atoms with Crippen LogP contribution in [0.2, 0.25) is 0 Å². The largest absolute Gasteiger partial charge is 0.443 e. The van der Waals surface area contributed by atoms with Crippen LogP contribution in [-0.4, -0.2) is 69.4 Å². The number of amides is 6. The second-order valence-electron chi connectivity index (χ2n) is 12.6. The van der Waals surface area contributed by atoms with Crippen molar-refractivity contribution in [2.75, 3.05) is 6.54 Å². The molecule has 1 unspecified atom stereocenters. The highest BCUT2D eigenvalue weighted by atomic mass is 16.6. The van der Waals surface area contributed by atoms with E-state index in [9.17, 15) is 28.8 Å². The van der Waals surface area contributed by atoms with Crippen molar-refractivity contribution in [2.24, 2.45) is 0 Å². The predicted octanol–water partition coefficient (Wildman–Crippen LogP) is 4.95. The van der Waals surface area contributed by atoms with Crippen LogP contribution >= 0.6 is 0 Å². The number of hydrogen-bond acceptors (Lipinski definition) is 8. The highest BCUT2D eigenvalue weighted by Crippen LogP contribution is 2.29. The molecular weight excluding hydrogens is 554 g/mol. The average Bonchev–Trinajstić information content (AvgIpc) is 3.13. The molecule has 1 atom stereocenters. The number of imide groups is 3. The molecule has 1 fully saturated rings. The molecule has 11 nitrogen and oxygen atoms in total. The third-order valence-electron chi connectivity index (χ3n) is 6.60. The molecule has 0 radical (unpaired) electrons. The number of fused-ring (bicyclic) bond motifs is 1. The van der Waals surface area contributed by atoms with Crippen LogP contribution in [0.4, 0.5) is 9.59 Å². The molecule has 6 amide bonds. The van der Waals surface area contributed by atoms with Crippen LogP contribution in [0, 0.1) is 11.8 Å². The topological polar surface area (TPSA) is 139 Å². The third-order valence-corrected chi connectivity index (χ3v) is 6.60. The number of unbranched alkanes of at least 4 members (excludes halogenated alkanes) is 5. The Labute approximate surface area is 252 Å². The van der Waals surface area contributed by atoms with E-state index in [1.165, 1.54) is 0 Å². The molecule has 43 heavy (non-hydrogen) atoms. The zero-order valence-electron chi connectivity index (χ0n) is 25.8. The molecule has 1 N–H and O–H groups in total. The minimum atomic E-state index is -1.02. The van der Waals surface area contributed by atoms with Crippen molar-refractivity contribution in [3.05, 3.63) is 34.9 Å². The maximum absolute atomic E-state index is 13.2. The second-order valence-corrected chi connectivity index (χ2v) is 12.6. The SMILES string of the molecule is CC(C)(C)OC(=O)N(CCCCCCCC#Cc1cccc2c1C(=O)N(C1CCC(=O)NC1=O)C2=O)C(=O)OC(C)(C)C. The predicted molar refractivity (Wildman–Crippen MR) is 157 cm³/mol. The lowest BCUT2D eigenvalue weighted by molar-refractivity contribution is -0.136. The Morgan fingerprint density at radius 1 is 0.907 bits per heavy atom. The van der Waals surface area contributed by atoms with Gasteiger partial charge in [-0.3, -0.25) is 29.4 Å². The number of nitrogens with zero attached hydrogens (tertiary/aromatic N) is 2. The van der Waals surface area contributed by atoms with Gasteiger partial charge in [-0.2, -0.15) is 0 Å². The maximum Gasteiger partial charge on any atom is 0.419 e. The van der Waals surface area contributed by atoms with Crippen LogP contribution < -0.4 is 5.32 Å². The molecule has 2 aliphatic heterocycles. The highest BCUT2D eigenvalue weighted by molar-refractivity contribution is 6.24. The molecule has 0 aliphatic carbocycles. The first-order chi connectivity index (χ1) is 20.1. The van der Waals surface area contributed by atoms with Crippen molar-refractivity contribution in [1.29, 1.82) is 0 Å². The van der Waals surface area contributed by atoms with Crippen LogP contribution in [0.25, 0.3) is 0 Å². The van der Waals surface area contributed by atoms with E-state index in [1.54, 1.807) is 59.7 Å². The van der Waals surface area contributed by atoms with E-state index in [2.05, 4.69) is 17.2 Å². The molecule has 0 bridgehead atoms. The molecular formula is C32H41N3O8. The monoisotopic (exact) mass is 595 g/mol. The Hall–Kier alpha value is -4.20. The van der Waals surface area contributed by atoms with Crippen LogP contribution in [-0.2, 0) is 19.1 Å². The van der Waals surface area contributed by atoms with E-state index in [-0.39, 0.29) is 30.5 Å². The van der Waals surface area contributed by atoms with Crippen LogP contribution in [0.15, 0.2) is 18.2 Å². The number of carbonyl (C=O) groups excluding carboxylic acids is 6. The summed E-state index contributed by atoms with van der Waals surface area (Å²) >= 11 is 0. The van der Waals surface area contributed by atoms with Gasteiger partial charge >= 0.3 is 12.2 Å². The standard InChI is InChI=1S/C32H41N3O8/c1-31(2,3)42-29(40)34(30(41)43-32(4,5)6)20-13-11-9-7-8-10-12-15-21-16-14-17-22-25(21)28(39)35(27(22)38)23-18-19-24(36)33-26(23)37/h14,16-17,23H,7-11,13,18-20H2,1-6H3,(H,33,36,37). The zero-order chi connectivity index (χ0) is 31.9. The molecule has 0 aromatic heterocycles. The molecule has 11 heteroatoms. The molecule has 232 valence electrons. The minimum absolute atomic E-state index is 0.0578. The van der Waals surface area contributed by atoms with Gasteiger partial charge in [0.05, 0.1) is 11.1 Å². The van der Waals surface area contributed by atoms with Crippen molar-refractivity contribution < 1.29 is 38.2 Å². The van der Waals surface area contributed by atoms with Crippen molar-refractivity contribution in [3.63, 3.8) is 0 Å². The van der Waals surface area contributed by atoms with E-state index in [4.69, 9.17) is 9.47 Å². The Morgan fingerprint density at radius 2 is 1.51 bits per heavy atom. The summed E-state index contributed by atoms with van der Waals surface area (Å²) in [5, 5.41) is 2.19. The first-order valence-electron chi connectivity index (χ1n) is 14.7. The number of ether oxygens (including phenoxy) is 2. The molecule has 1 saturated heterocycles. The summed E-state index contributed by atoms with van der Waals surface area (Å²) < 4.78 is 10.8. The Bertz CT molecular complexity index is 1310. The van der Waals surface area contributed by atoms with Gasteiger partial charge in [-0.25, -0.2) is 14.5 Å². The molecule has 0 saturated carbocycles. The van der Waals surface area contributed by atoms with Gasteiger partial charge in [0.25, 0.3) is 11.8 Å². The fraction of sp³-hybridized carbons (Fsp3) is 0.562. The summed E-state index contributed by atoms with van der Waals surface area (Å²) in [6.45, 7) is 10.6. The van der Waals surface area contributed by atoms with Gasteiger partial charge in [0.15, 0.2) is 0 Å². The summed E-state index contributed by atoms with van der Waals surface area (Å²) in [7, 11) is 0. The van der Waals surface area contributed by atoms with Gasteiger partial charge in [0.1, 0.15) is 17.2 Å². The lowest BCUT2D eigenvalue weighted by Gasteiger charge is -2.28. The smallest absolute Gasteiger partial charge is 0.419 e. The fourth-order valence-corrected chi connectivity index (χ4v) is 4.68. The highest BCUT2D eigenvalue weighted by Gasteiger charge is 2.45. The molecule has 2 heterocycles. The molecule has 1 aromatic carbocycles. The zero-order valence-corrected chi connectivity index (χ0v) is 25.8. The van der Waals surface area contributed by atoms with Crippen molar-refractivity contribution in [3.8, 4) is 11.8 Å². The number of benzene rings is 1. The van der Waals surface area contributed by atoms with Gasteiger partial charge < -0.3 is 9.47 Å². The van der Waals surface area contributed by atoms with Crippen molar-refractivity contribution in [1.82, 2.24) is 15.1 Å². The Morgan fingerprint density at radius 3 is 2.12 bits per heavy atom. The maximum atomic E-state index is 13.2. The quantitative estimate of drug-likeness (QED) is 0.253. The van der Waals surface area contributed by atoms with Gasteiger partial charge in [0, 0.05) is 24.9 Å². The second kappa shape index (κ2) is 13.8. The molecule has 0 spiro atoms. The fourth-order valence-electron chi connectivity index (χ4n) is 4.68. The summed E-state index contributed by atoms with van der Waals surface area (Å²) in [5.74, 6) is 3.86. The number of nitrogens with one attached hydrogen (secondary N) is 1. The van der Waals surface area contributed by atoms with Gasteiger partial charge in [-0.15, -0.1) is 0 Å². The summed E-state index contributed by atoms with van der Waals surface area (Å²) in [4.78, 5) is 77.1. The first kappa shape index (κ1) is 33.3. The normalized spacial score (nSPS) is 16.7. The third kappa shape index (κ3) is 9.14. The summed E-state index contributed by atoms with van der Waals surface area (Å²) in [6.07, 6.45) is 3.20. The summed E-state index contributed by atoms with van der Waals surface area (Å²) in [5.41, 5.74) is -0.672. The lowest BCUT2D eigenvalue weighted by Crippen LogP contribution is -2.54. The Kier molecular flexibility index (Phi) is 10.7. The number of piperidine rings is 1. The van der Waals surface area contributed by atoms with Crippen molar-refractivity contribution in [2.45, 2.75) is 110 Å². The Balaban J connectivity index is 1.49. The van der Waals surface area contributed by atoms with Crippen LogP contribution in [0.1, 0.15) is 119 Å². The molecule has 1 aromatic rings. The summed E-state index contributed by atoms with van der Waals surface area (Å²) in [6, 6.07) is 3.84. The molecule has 3 rings (SSSR count). The lowest BCUT2D eigenvalue weighted by atomic mass is 10.0. The van der Waals surface area contributed by atoms with Gasteiger partial charge in [0.2, 0.25) is 11.8 Å². The van der Waals surface area contributed by atoms with E-state index in [0.717, 1.165) is 35.5 Å². The number of carbonyl (C=O) groups is 6. The first-order valence-corrected chi connectivity index (χ1v) is 14.7. The van der Waals surface area contributed by atoms with Gasteiger partial charge in [-0.05, 0) is 72.9 Å².